The Kier molecular flexibility index (Phi) is 73.1. The second-order valence-corrected chi connectivity index (χ2v) is 33.7. The third-order valence-corrected chi connectivity index (χ3v) is 21.4. The fourth-order valence-electron chi connectivity index (χ4n) is 12.9. The monoisotopic (exact) mass is 1490 g/mol. The van der Waals surface area contributed by atoms with Gasteiger partial charge in [0.15, 0.2) is 12.2 Å². The van der Waals surface area contributed by atoms with Crippen LogP contribution in [0.15, 0.2) is 0 Å². The van der Waals surface area contributed by atoms with Gasteiger partial charge in [-0.1, -0.05) is 388 Å². The van der Waals surface area contributed by atoms with Gasteiger partial charge in [-0.2, -0.15) is 0 Å². The molecule has 0 radical (unpaired) electrons. The molecule has 0 aromatic rings. The number of esters is 4. The maximum absolute atomic E-state index is 13.1. The number of carbonyl (C=O) groups is 4. The molecule has 5 atom stereocenters. The van der Waals surface area contributed by atoms with Crippen molar-refractivity contribution < 1.29 is 80.2 Å². The van der Waals surface area contributed by atoms with E-state index < -0.39 is 97.5 Å². The molecule has 0 aliphatic rings. The summed E-state index contributed by atoms with van der Waals surface area (Å²) in [5.41, 5.74) is 0. The van der Waals surface area contributed by atoms with Crippen LogP contribution in [0.4, 0.5) is 0 Å². The van der Waals surface area contributed by atoms with E-state index in [4.69, 9.17) is 37.0 Å². The lowest BCUT2D eigenvalue weighted by molar-refractivity contribution is -0.161. The fraction of sp³-hybridized carbons (Fsp3) is 0.952. The number of hydrogen-bond acceptors (Lipinski definition) is 15. The molecule has 0 aromatic heterocycles. The number of aliphatic hydroxyl groups excluding tert-OH is 1. The molecule has 19 heteroatoms. The predicted molar refractivity (Wildman–Crippen MR) is 418 cm³/mol. The van der Waals surface area contributed by atoms with Crippen LogP contribution in [0, 0.1) is 11.8 Å². The summed E-state index contributed by atoms with van der Waals surface area (Å²) in [5, 5.41) is 10.7. The van der Waals surface area contributed by atoms with Crippen LogP contribution in [0.1, 0.15) is 440 Å². The van der Waals surface area contributed by atoms with Crippen molar-refractivity contribution in [2.45, 2.75) is 458 Å². The standard InChI is InChI=1S/C83H162O17P2/c1-7-9-11-13-15-17-19-21-23-25-27-29-31-33-35-41-47-53-59-65-80(85)93-71-78(99-82(87)67-61-55-49-42-36-34-32-30-28-26-24-22-20-18-16-14-12-10-8-2)73-97-101(89,90)95-69-77(84)70-96-102(91,92)98-74-79(100-83(88)68-62-56-50-44-38-40-46-52-58-64-76(5)6)72-94-81(86)66-60-54-48-43-37-39-45-51-57-63-75(3)4/h75-79,84H,7-74H2,1-6H3,(H,89,90)(H,91,92)/t77-,78-,79-/m1/s1. The second-order valence-electron chi connectivity index (χ2n) is 30.8. The zero-order chi connectivity index (χ0) is 74.9. The number of rotatable bonds is 82. The van der Waals surface area contributed by atoms with Crippen molar-refractivity contribution in [3.05, 3.63) is 0 Å². The highest BCUT2D eigenvalue weighted by atomic mass is 31.2. The molecule has 0 aromatic carbocycles. The van der Waals surface area contributed by atoms with Crippen molar-refractivity contribution in [3.63, 3.8) is 0 Å². The molecular weight excluding hydrogens is 1330 g/mol. The Morgan fingerprint density at radius 3 is 0.667 bits per heavy atom. The fourth-order valence-corrected chi connectivity index (χ4v) is 14.5. The van der Waals surface area contributed by atoms with Gasteiger partial charge in [0.2, 0.25) is 0 Å². The van der Waals surface area contributed by atoms with Gasteiger partial charge in [0.25, 0.3) is 0 Å². The van der Waals surface area contributed by atoms with Gasteiger partial charge in [0, 0.05) is 25.7 Å². The number of carbonyl (C=O) groups excluding carboxylic acids is 4. The summed E-state index contributed by atoms with van der Waals surface area (Å²) in [7, 11) is -9.92. The minimum absolute atomic E-state index is 0.105. The van der Waals surface area contributed by atoms with Gasteiger partial charge in [0.05, 0.1) is 26.4 Å². The van der Waals surface area contributed by atoms with Crippen LogP contribution in [-0.4, -0.2) is 96.7 Å². The molecule has 0 fully saturated rings. The summed E-state index contributed by atoms with van der Waals surface area (Å²) < 4.78 is 68.8. The van der Waals surface area contributed by atoms with E-state index in [0.29, 0.717) is 25.7 Å². The van der Waals surface area contributed by atoms with E-state index in [9.17, 15) is 43.2 Å². The Morgan fingerprint density at radius 2 is 0.451 bits per heavy atom. The molecule has 102 heavy (non-hydrogen) atoms. The van der Waals surface area contributed by atoms with Crippen LogP contribution in [0.25, 0.3) is 0 Å². The molecule has 0 aliphatic carbocycles. The molecule has 0 amide bonds. The summed E-state index contributed by atoms with van der Waals surface area (Å²) >= 11 is 0. The molecule has 3 N–H and O–H groups in total. The van der Waals surface area contributed by atoms with Gasteiger partial charge < -0.3 is 33.8 Å². The number of phosphoric acid groups is 2. The van der Waals surface area contributed by atoms with Crippen LogP contribution < -0.4 is 0 Å². The molecule has 0 bridgehead atoms. The molecule has 0 saturated heterocycles. The second kappa shape index (κ2) is 74.5. The van der Waals surface area contributed by atoms with Crippen LogP contribution in [0.5, 0.6) is 0 Å². The van der Waals surface area contributed by atoms with Crippen LogP contribution in [0.2, 0.25) is 0 Å². The van der Waals surface area contributed by atoms with E-state index in [1.54, 1.807) is 0 Å². The average molecular weight is 1490 g/mol. The Bertz CT molecular complexity index is 1960. The van der Waals surface area contributed by atoms with E-state index in [1.807, 2.05) is 0 Å². The molecule has 0 saturated carbocycles. The molecule has 0 heterocycles. The third-order valence-electron chi connectivity index (χ3n) is 19.5. The maximum Gasteiger partial charge on any atom is 0.472 e. The van der Waals surface area contributed by atoms with E-state index in [2.05, 4.69) is 41.5 Å². The summed E-state index contributed by atoms with van der Waals surface area (Å²) in [6.07, 6.45) is 65.4. The first-order chi connectivity index (χ1) is 49.4. The molecule has 0 rings (SSSR count). The Hall–Kier alpha value is -1.94. The number of unbranched alkanes of at least 4 members (excludes halogenated alkanes) is 52. The van der Waals surface area contributed by atoms with E-state index in [1.165, 1.54) is 257 Å². The SMILES string of the molecule is CCCCCCCCCCCCCCCCCCCCCC(=O)OC[C@H](COP(=O)(O)OC[C@@H](O)COP(=O)(O)OC[C@@H](COC(=O)CCCCCCCCCCCC(C)C)OC(=O)CCCCCCCCCCCC(C)C)OC(=O)CCCCCCCCCCCCCCCCCCCCC. The van der Waals surface area contributed by atoms with E-state index >= 15 is 0 Å². The van der Waals surface area contributed by atoms with Crippen molar-refractivity contribution in [1.82, 2.24) is 0 Å². The number of ether oxygens (including phenoxy) is 4. The van der Waals surface area contributed by atoms with Crippen molar-refractivity contribution in [3.8, 4) is 0 Å². The van der Waals surface area contributed by atoms with E-state index in [0.717, 1.165) is 102 Å². The van der Waals surface area contributed by atoms with Gasteiger partial charge in [-0.15, -0.1) is 0 Å². The van der Waals surface area contributed by atoms with Crippen molar-refractivity contribution >= 4 is 39.5 Å². The lowest BCUT2D eigenvalue weighted by atomic mass is 10.0. The zero-order valence-corrected chi connectivity index (χ0v) is 68.7. The van der Waals surface area contributed by atoms with Gasteiger partial charge in [-0.25, -0.2) is 9.13 Å². The smallest absolute Gasteiger partial charge is 0.462 e. The molecule has 17 nitrogen and oxygen atoms in total. The van der Waals surface area contributed by atoms with Crippen molar-refractivity contribution in [2.24, 2.45) is 11.8 Å². The normalized spacial score (nSPS) is 13.9. The molecule has 606 valence electrons. The molecule has 2 unspecified atom stereocenters. The summed E-state index contributed by atoms with van der Waals surface area (Å²) in [4.78, 5) is 73.1. The van der Waals surface area contributed by atoms with Crippen molar-refractivity contribution in [2.75, 3.05) is 39.6 Å². The summed E-state index contributed by atoms with van der Waals surface area (Å²) in [6, 6.07) is 0. The number of phosphoric ester groups is 2. The zero-order valence-electron chi connectivity index (χ0n) is 66.9. The average Bonchev–Trinajstić information content (AvgIpc) is 0.916. The van der Waals surface area contributed by atoms with Gasteiger partial charge >= 0.3 is 39.5 Å². The minimum Gasteiger partial charge on any atom is -0.462 e. The first-order valence-corrected chi connectivity index (χ1v) is 46.0. The first kappa shape index (κ1) is 100. The maximum atomic E-state index is 13.1. The lowest BCUT2D eigenvalue weighted by Crippen LogP contribution is -2.30. The lowest BCUT2D eigenvalue weighted by Gasteiger charge is -2.21. The Morgan fingerprint density at radius 1 is 0.265 bits per heavy atom. The third kappa shape index (κ3) is 76.3. The number of hydrogen-bond donors (Lipinski definition) is 3. The van der Waals surface area contributed by atoms with Gasteiger partial charge in [-0.05, 0) is 37.5 Å². The topological polar surface area (TPSA) is 237 Å². The van der Waals surface area contributed by atoms with Gasteiger partial charge in [-0.3, -0.25) is 37.3 Å². The summed E-state index contributed by atoms with van der Waals surface area (Å²) in [6.45, 7) is 9.60. The van der Waals surface area contributed by atoms with Gasteiger partial charge in [0.1, 0.15) is 19.3 Å². The van der Waals surface area contributed by atoms with Crippen molar-refractivity contribution in [1.29, 1.82) is 0 Å². The first-order valence-electron chi connectivity index (χ1n) is 43.0. The Labute approximate surface area is 626 Å². The highest BCUT2D eigenvalue weighted by molar-refractivity contribution is 7.47. The minimum atomic E-state index is -4.96. The van der Waals surface area contributed by atoms with E-state index in [-0.39, 0.29) is 25.7 Å². The molecule has 0 aliphatic heterocycles. The predicted octanol–water partition coefficient (Wildman–Crippen LogP) is 25.1. The quantitative estimate of drug-likeness (QED) is 0.0222. The number of aliphatic hydroxyl groups is 1. The molecular formula is C83H162O17P2. The van der Waals surface area contributed by atoms with Crippen LogP contribution in [0.3, 0.4) is 0 Å². The highest BCUT2D eigenvalue weighted by Crippen LogP contribution is 2.45. The van der Waals surface area contributed by atoms with Crippen LogP contribution in [-0.2, 0) is 65.4 Å². The summed E-state index contributed by atoms with van der Waals surface area (Å²) in [5.74, 6) is -0.627. The molecule has 0 spiro atoms. The van der Waals surface area contributed by atoms with Crippen LogP contribution >= 0.6 is 15.6 Å². The highest BCUT2D eigenvalue weighted by Gasteiger charge is 2.30. The largest absolute Gasteiger partial charge is 0.472 e. The Balaban J connectivity index is 5.23.